The van der Waals surface area contributed by atoms with Crippen molar-refractivity contribution in [3.8, 4) is 0 Å². The zero-order chi connectivity index (χ0) is 13.1. The van der Waals surface area contributed by atoms with Gasteiger partial charge in [-0.25, -0.2) is 0 Å². The Bertz CT molecular complexity index is 439. The lowest BCUT2D eigenvalue weighted by atomic mass is 9.93. The Morgan fingerprint density at radius 1 is 1.44 bits per heavy atom. The molecule has 4 heteroatoms. The van der Waals surface area contributed by atoms with E-state index in [1.165, 1.54) is 11.3 Å². The van der Waals surface area contributed by atoms with E-state index in [4.69, 9.17) is 16.7 Å². The van der Waals surface area contributed by atoms with E-state index in [1.54, 1.807) is 0 Å². The molecule has 0 unspecified atom stereocenters. The Kier molecular flexibility index (Phi) is 4.12. The zero-order valence-electron chi connectivity index (χ0n) is 10.5. The number of hydrogen-bond donors (Lipinski definition) is 1. The second-order valence-corrected chi connectivity index (χ2v) is 5.40. The fourth-order valence-electron chi connectivity index (χ4n) is 2.55. The lowest BCUT2D eigenvalue weighted by molar-refractivity contribution is -0.138. The van der Waals surface area contributed by atoms with Crippen LogP contribution in [0.15, 0.2) is 18.2 Å². The van der Waals surface area contributed by atoms with E-state index in [1.807, 2.05) is 18.2 Å². The predicted octanol–water partition coefficient (Wildman–Crippen LogP) is 3.34. The summed E-state index contributed by atoms with van der Waals surface area (Å²) in [6, 6.07) is 5.92. The number of piperidine rings is 1. The number of carbonyl (C=O) groups is 1. The van der Waals surface area contributed by atoms with Crippen molar-refractivity contribution in [3.05, 3.63) is 28.8 Å². The number of carboxylic acids is 1. The lowest BCUT2D eigenvalue weighted by Gasteiger charge is -2.34. The minimum Gasteiger partial charge on any atom is -0.481 e. The molecule has 1 aromatic carbocycles. The highest BCUT2D eigenvalue weighted by molar-refractivity contribution is 6.30. The van der Waals surface area contributed by atoms with Crippen LogP contribution in [0.1, 0.15) is 24.8 Å². The molecule has 18 heavy (non-hydrogen) atoms. The average Bonchev–Trinajstić information content (AvgIpc) is 2.33. The van der Waals surface area contributed by atoms with Crippen molar-refractivity contribution < 1.29 is 9.90 Å². The lowest BCUT2D eigenvalue weighted by Crippen LogP contribution is -2.34. The largest absolute Gasteiger partial charge is 0.481 e. The van der Waals surface area contributed by atoms with E-state index in [0.717, 1.165) is 31.0 Å². The summed E-state index contributed by atoms with van der Waals surface area (Å²) in [4.78, 5) is 13.0. The van der Waals surface area contributed by atoms with Crippen LogP contribution in [0.4, 0.5) is 5.69 Å². The summed E-state index contributed by atoms with van der Waals surface area (Å²) >= 11 is 6.03. The van der Waals surface area contributed by atoms with Crippen LogP contribution in [0.2, 0.25) is 5.02 Å². The van der Waals surface area contributed by atoms with Gasteiger partial charge in [0.2, 0.25) is 0 Å². The number of hydrogen-bond acceptors (Lipinski definition) is 2. The van der Waals surface area contributed by atoms with Gasteiger partial charge in [0.05, 0.1) is 0 Å². The molecule has 0 amide bonds. The molecule has 0 atom stereocenters. The van der Waals surface area contributed by atoms with Crippen LogP contribution in [0.5, 0.6) is 0 Å². The fraction of sp³-hybridized carbons (Fsp3) is 0.500. The maximum atomic E-state index is 10.7. The van der Waals surface area contributed by atoms with Gasteiger partial charge in [-0.3, -0.25) is 4.79 Å². The Morgan fingerprint density at radius 3 is 2.72 bits per heavy atom. The van der Waals surface area contributed by atoms with Gasteiger partial charge in [-0.1, -0.05) is 17.7 Å². The second-order valence-electron chi connectivity index (χ2n) is 4.96. The van der Waals surface area contributed by atoms with E-state index in [0.29, 0.717) is 12.3 Å². The Balaban J connectivity index is 2.01. The molecule has 2 rings (SSSR count). The summed E-state index contributed by atoms with van der Waals surface area (Å²) in [5, 5.41) is 9.55. The molecule has 1 N–H and O–H groups in total. The van der Waals surface area contributed by atoms with Crippen LogP contribution in [-0.4, -0.2) is 24.2 Å². The molecule has 0 saturated carbocycles. The molecule has 0 aliphatic carbocycles. The maximum Gasteiger partial charge on any atom is 0.303 e. The Morgan fingerprint density at radius 2 is 2.11 bits per heavy atom. The molecular weight excluding hydrogens is 250 g/mol. The summed E-state index contributed by atoms with van der Waals surface area (Å²) in [7, 11) is 0. The summed E-state index contributed by atoms with van der Waals surface area (Å²) < 4.78 is 0. The first kappa shape index (κ1) is 13.2. The highest BCUT2D eigenvalue weighted by atomic mass is 35.5. The smallest absolute Gasteiger partial charge is 0.303 e. The van der Waals surface area contributed by atoms with Gasteiger partial charge in [-0.05, 0) is 43.4 Å². The van der Waals surface area contributed by atoms with Gasteiger partial charge in [-0.2, -0.15) is 0 Å². The van der Waals surface area contributed by atoms with E-state index >= 15 is 0 Å². The highest BCUT2D eigenvalue weighted by Gasteiger charge is 2.22. The summed E-state index contributed by atoms with van der Waals surface area (Å²) in [6.07, 6.45) is 2.18. The van der Waals surface area contributed by atoms with Gasteiger partial charge >= 0.3 is 5.97 Å². The summed E-state index contributed by atoms with van der Waals surface area (Å²) in [5.74, 6) is -0.370. The van der Waals surface area contributed by atoms with Gasteiger partial charge in [-0.15, -0.1) is 0 Å². The van der Waals surface area contributed by atoms with Crippen molar-refractivity contribution in [1.82, 2.24) is 0 Å². The van der Waals surface area contributed by atoms with E-state index in [-0.39, 0.29) is 0 Å². The van der Waals surface area contributed by atoms with Gasteiger partial charge < -0.3 is 10.0 Å². The first-order chi connectivity index (χ1) is 8.56. The molecule has 1 aliphatic heterocycles. The molecule has 1 heterocycles. The number of benzene rings is 1. The molecular formula is C14H18ClNO2. The molecule has 1 aromatic rings. The van der Waals surface area contributed by atoms with Gasteiger partial charge in [0.1, 0.15) is 0 Å². The second kappa shape index (κ2) is 5.61. The van der Waals surface area contributed by atoms with Crippen LogP contribution < -0.4 is 4.90 Å². The molecule has 0 bridgehead atoms. The fourth-order valence-corrected chi connectivity index (χ4v) is 2.71. The molecule has 0 spiro atoms. The number of carboxylic acid groups (broad SMARTS) is 1. The van der Waals surface area contributed by atoms with Crippen molar-refractivity contribution in [1.29, 1.82) is 0 Å². The predicted molar refractivity (Wildman–Crippen MR) is 73.4 cm³/mol. The van der Waals surface area contributed by atoms with Crippen molar-refractivity contribution in [3.63, 3.8) is 0 Å². The third-order valence-corrected chi connectivity index (χ3v) is 3.82. The van der Waals surface area contributed by atoms with Crippen molar-refractivity contribution in [2.24, 2.45) is 5.92 Å². The number of rotatable bonds is 3. The normalized spacial score (nSPS) is 16.9. The molecule has 1 saturated heterocycles. The standard InChI is InChI=1S/C14H18ClNO2/c1-10-2-3-12(15)9-13(10)16-6-4-11(5-7-16)8-14(17)18/h2-3,9,11H,4-8H2,1H3,(H,17,18). The van der Waals surface area contributed by atoms with Gasteiger partial charge in [0.15, 0.2) is 0 Å². The first-order valence-electron chi connectivity index (χ1n) is 6.29. The van der Waals surface area contributed by atoms with Crippen LogP contribution >= 0.6 is 11.6 Å². The first-order valence-corrected chi connectivity index (χ1v) is 6.67. The number of aryl methyl sites for hydroxylation is 1. The van der Waals surface area contributed by atoms with Crippen molar-refractivity contribution in [2.45, 2.75) is 26.2 Å². The molecule has 1 fully saturated rings. The minimum absolute atomic E-state index is 0.294. The topological polar surface area (TPSA) is 40.5 Å². The Labute approximate surface area is 112 Å². The maximum absolute atomic E-state index is 10.7. The molecule has 98 valence electrons. The van der Waals surface area contributed by atoms with E-state index in [9.17, 15) is 4.79 Å². The molecule has 3 nitrogen and oxygen atoms in total. The summed E-state index contributed by atoms with van der Waals surface area (Å²) in [6.45, 7) is 3.91. The van der Waals surface area contributed by atoms with Crippen LogP contribution in [0.3, 0.4) is 0 Å². The Hall–Kier alpha value is -1.22. The van der Waals surface area contributed by atoms with Crippen molar-refractivity contribution >= 4 is 23.3 Å². The van der Waals surface area contributed by atoms with Crippen molar-refractivity contribution in [2.75, 3.05) is 18.0 Å². The van der Waals surface area contributed by atoms with Crippen LogP contribution in [-0.2, 0) is 4.79 Å². The van der Waals surface area contributed by atoms with E-state index < -0.39 is 5.97 Å². The summed E-state index contributed by atoms with van der Waals surface area (Å²) in [5.41, 5.74) is 2.40. The quantitative estimate of drug-likeness (QED) is 0.913. The molecule has 0 aromatic heterocycles. The third kappa shape index (κ3) is 3.16. The van der Waals surface area contributed by atoms with Gasteiger partial charge in [0, 0.05) is 30.2 Å². The van der Waals surface area contributed by atoms with Gasteiger partial charge in [0.25, 0.3) is 0 Å². The highest BCUT2D eigenvalue weighted by Crippen LogP contribution is 2.29. The zero-order valence-corrected chi connectivity index (χ0v) is 11.3. The SMILES string of the molecule is Cc1ccc(Cl)cc1N1CCC(CC(=O)O)CC1. The monoisotopic (exact) mass is 267 g/mol. The third-order valence-electron chi connectivity index (χ3n) is 3.59. The van der Waals surface area contributed by atoms with Crippen LogP contribution in [0.25, 0.3) is 0 Å². The number of nitrogens with zero attached hydrogens (tertiary/aromatic N) is 1. The van der Waals surface area contributed by atoms with E-state index in [2.05, 4.69) is 11.8 Å². The molecule has 1 aliphatic rings. The minimum atomic E-state index is -0.688. The van der Waals surface area contributed by atoms with Crippen LogP contribution in [0, 0.1) is 12.8 Å². The number of halogens is 1. The molecule has 0 radical (unpaired) electrons. The average molecular weight is 268 g/mol. The number of anilines is 1. The number of aliphatic carboxylic acids is 1.